The number of anilines is 1. The number of thiophene rings is 1. The third kappa shape index (κ3) is 4.31. The van der Waals surface area contributed by atoms with Crippen molar-refractivity contribution in [3.63, 3.8) is 0 Å². The fourth-order valence-electron chi connectivity index (χ4n) is 2.98. The Bertz CT molecular complexity index is 1160. The van der Waals surface area contributed by atoms with Gasteiger partial charge in [-0.05, 0) is 49.9 Å². The molecule has 0 aromatic carbocycles. The van der Waals surface area contributed by atoms with Crippen LogP contribution < -0.4 is 5.32 Å². The number of amides is 1. The van der Waals surface area contributed by atoms with Gasteiger partial charge in [-0.2, -0.15) is 5.10 Å². The number of carbonyl (C=O) groups is 1. The fourth-order valence-corrected chi connectivity index (χ4v) is 5.01. The Balaban J connectivity index is 1.50. The van der Waals surface area contributed by atoms with Crippen molar-refractivity contribution in [2.45, 2.75) is 38.1 Å². The molecule has 0 aliphatic heterocycles. The lowest BCUT2D eigenvalue weighted by Crippen LogP contribution is -2.17. The number of nitrogens with zero attached hydrogens (tertiary/aromatic N) is 4. The third-order valence-electron chi connectivity index (χ3n) is 4.77. The van der Waals surface area contributed by atoms with E-state index in [0.717, 1.165) is 17.0 Å². The lowest BCUT2D eigenvalue weighted by molar-refractivity contribution is 0.102. The highest BCUT2D eigenvalue weighted by Gasteiger charge is 2.17. The molecule has 0 radical (unpaired) electrons. The van der Waals surface area contributed by atoms with Crippen LogP contribution in [0.5, 0.6) is 0 Å². The van der Waals surface area contributed by atoms with E-state index in [4.69, 9.17) is 4.52 Å². The smallest absolute Gasteiger partial charge is 0.259 e. The second-order valence-electron chi connectivity index (χ2n) is 6.80. The average Bonchev–Trinajstić information content (AvgIpc) is 3.43. The van der Waals surface area contributed by atoms with E-state index in [2.05, 4.69) is 38.9 Å². The summed E-state index contributed by atoms with van der Waals surface area (Å²) in [5.74, 6) is 1.86. The second-order valence-corrected chi connectivity index (χ2v) is 8.77. The number of aryl methyl sites for hydroxylation is 3. The highest BCUT2D eigenvalue weighted by molar-refractivity contribution is 7.98. The molecule has 4 heterocycles. The summed E-state index contributed by atoms with van der Waals surface area (Å²) in [5.41, 5.74) is 3.63. The van der Waals surface area contributed by atoms with Crippen LogP contribution in [-0.4, -0.2) is 25.8 Å². The summed E-state index contributed by atoms with van der Waals surface area (Å²) >= 11 is 3.17. The van der Waals surface area contributed by atoms with Crippen LogP contribution in [0.2, 0.25) is 0 Å². The Hall–Kier alpha value is -2.91. The average molecular weight is 440 g/mol. The van der Waals surface area contributed by atoms with Gasteiger partial charge in [0.15, 0.2) is 0 Å². The van der Waals surface area contributed by atoms with Crippen molar-refractivity contribution in [3.8, 4) is 0 Å². The number of rotatable bonds is 7. The maximum absolute atomic E-state index is 13.0. The van der Waals surface area contributed by atoms with Crippen molar-refractivity contribution in [2.24, 2.45) is 0 Å². The van der Waals surface area contributed by atoms with Gasteiger partial charge in [0.1, 0.15) is 16.6 Å². The number of carbonyl (C=O) groups excluding carboxylic acids is 1. The Morgan fingerprint density at radius 3 is 2.83 bits per heavy atom. The van der Waals surface area contributed by atoms with Crippen molar-refractivity contribution in [1.29, 1.82) is 0 Å². The maximum Gasteiger partial charge on any atom is 0.259 e. The normalized spacial score (nSPS) is 11.0. The topological polar surface area (TPSA) is 85.8 Å². The van der Waals surface area contributed by atoms with Crippen molar-refractivity contribution in [2.75, 3.05) is 5.32 Å². The fraction of sp³-hybridized carbons (Fsp3) is 0.238. The number of hydrogen-bond acceptors (Lipinski definition) is 7. The third-order valence-corrected chi connectivity index (χ3v) is 6.81. The minimum atomic E-state index is -0.214. The quantitative estimate of drug-likeness (QED) is 0.415. The number of nitrogens with one attached hydrogen (secondary N) is 1. The molecule has 0 spiro atoms. The molecule has 0 saturated carbocycles. The summed E-state index contributed by atoms with van der Waals surface area (Å²) in [6, 6.07) is 7.43. The first-order valence-corrected chi connectivity index (χ1v) is 11.2. The van der Waals surface area contributed by atoms with E-state index in [-0.39, 0.29) is 5.91 Å². The molecule has 0 bridgehead atoms. The molecule has 0 unspecified atom stereocenters. The van der Waals surface area contributed by atoms with Gasteiger partial charge in [0.05, 0.1) is 24.0 Å². The SMILES string of the molecule is Cc1ccsc1Cn1nccc1NC(=O)c1cccnc1SCc1c(C)noc1C. The molecule has 4 aromatic heterocycles. The van der Waals surface area contributed by atoms with Crippen LogP contribution >= 0.6 is 23.1 Å². The molecule has 0 aliphatic carbocycles. The first-order valence-electron chi connectivity index (χ1n) is 9.38. The summed E-state index contributed by atoms with van der Waals surface area (Å²) in [7, 11) is 0. The molecule has 4 aromatic rings. The number of hydrogen-bond donors (Lipinski definition) is 1. The van der Waals surface area contributed by atoms with Crippen molar-refractivity contribution < 1.29 is 9.32 Å². The lowest BCUT2D eigenvalue weighted by atomic mass is 10.2. The van der Waals surface area contributed by atoms with Gasteiger partial charge >= 0.3 is 0 Å². The molecule has 0 atom stereocenters. The standard InChI is InChI=1S/C21H21N5O2S2/c1-13-7-10-29-18(13)11-26-19(6-9-23-26)24-20(27)16-5-4-8-22-21(16)30-12-17-14(2)25-28-15(17)3/h4-10H,11-12H2,1-3H3,(H,24,27). The van der Waals surface area contributed by atoms with Crippen molar-refractivity contribution >= 4 is 34.8 Å². The van der Waals surface area contributed by atoms with Gasteiger partial charge in [0.2, 0.25) is 0 Å². The van der Waals surface area contributed by atoms with Gasteiger partial charge in [-0.25, -0.2) is 9.67 Å². The van der Waals surface area contributed by atoms with E-state index < -0.39 is 0 Å². The monoisotopic (exact) mass is 439 g/mol. The molecule has 0 saturated heterocycles. The van der Waals surface area contributed by atoms with E-state index in [1.807, 2.05) is 13.8 Å². The number of aromatic nitrogens is 4. The maximum atomic E-state index is 13.0. The minimum Gasteiger partial charge on any atom is -0.361 e. The highest BCUT2D eigenvalue weighted by atomic mass is 32.2. The van der Waals surface area contributed by atoms with Gasteiger partial charge < -0.3 is 9.84 Å². The van der Waals surface area contributed by atoms with Gasteiger partial charge in [-0.1, -0.05) is 5.16 Å². The van der Waals surface area contributed by atoms with Crippen LogP contribution in [0.4, 0.5) is 5.82 Å². The second kappa shape index (κ2) is 8.85. The summed E-state index contributed by atoms with van der Waals surface area (Å²) in [4.78, 5) is 18.6. The molecule has 9 heteroatoms. The first kappa shape index (κ1) is 20.4. The van der Waals surface area contributed by atoms with Crippen LogP contribution in [0.3, 0.4) is 0 Å². The van der Waals surface area contributed by atoms with Crippen LogP contribution in [-0.2, 0) is 12.3 Å². The van der Waals surface area contributed by atoms with Gasteiger partial charge in [-0.15, -0.1) is 23.1 Å². The molecule has 0 aliphatic rings. The summed E-state index contributed by atoms with van der Waals surface area (Å²) in [5, 5.41) is 14.0. The zero-order valence-corrected chi connectivity index (χ0v) is 18.5. The minimum absolute atomic E-state index is 0.214. The molecule has 7 nitrogen and oxygen atoms in total. The predicted octanol–water partition coefficient (Wildman–Crippen LogP) is 4.85. The van der Waals surface area contributed by atoms with Crippen LogP contribution in [0, 0.1) is 20.8 Å². The van der Waals surface area contributed by atoms with Crippen LogP contribution in [0.15, 0.2) is 51.6 Å². The summed E-state index contributed by atoms with van der Waals surface area (Å²) in [6.45, 7) is 6.49. The largest absolute Gasteiger partial charge is 0.361 e. The molecular weight excluding hydrogens is 418 g/mol. The molecule has 0 fully saturated rings. The van der Waals surface area contributed by atoms with Crippen molar-refractivity contribution in [3.05, 3.63) is 75.1 Å². The molecule has 154 valence electrons. The Labute approximate surface area is 182 Å². The van der Waals surface area contributed by atoms with Gasteiger partial charge in [-0.3, -0.25) is 4.79 Å². The summed E-state index contributed by atoms with van der Waals surface area (Å²) in [6.07, 6.45) is 3.38. The molecule has 1 N–H and O–H groups in total. The van der Waals surface area contributed by atoms with Crippen LogP contribution in [0.1, 0.15) is 37.8 Å². The van der Waals surface area contributed by atoms with Crippen LogP contribution in [0.25, 0.3) is 0 Å². The number of pyridine rings is 1. The van der Waals surface area contributed by atoms with E-state index in [9.17, 15) is 4.79 Å². The van der Waals surface area contributed by atoms with Crippen molar-refractivity contribution in [1.82, 2.24) is 19.9 Å². The Morgan fingerprint density at radius 1 is 1.23 bits per heavy atom. The van der Waals surface area contributed by atoms with E-state index in [0.29, 0.717) is 28.7 Å². The van der Waals surface area contributed by atoms with E-state index in [1.54, 1.807) is 46.6 Å². The highest BCUT2D eigenvalue weighted by Crippen LogP contribution is 2.28. The lowest BCUT2D eigenvalue weighted by Gasteiger charge is -2.11. The zero-order valence-electron chi connectivity index (χ0n) is 16.9. The predicted molar refractivity (Wildman–Crippen MR) is 118 cm³/mol. The number of thioether (sulfide) groups is 1. The Kier molecular flexibility index (Phi) is 6.01. The molecule has 30 heavy (non-hydrogen) atoms. The zero-order chi connectivity index (χ0) is 21.1. The van der Waals surface area contributed by atoms with Gasteiger partial charge in [0, 0.05) is 28.5 Å². The Morgan fingerprint density at radius 2 is 2.10 bits per heavy atom. The van der Waals surface area contributed by atoms with E-state index in [1.165, 1.54) is 22.2 Å². The summed E-state index contributed by atoms with van der Waals surface area (Å²) < 4.78 is 7.02. The van der Waals surface area contributed by atoms with Gasteiger partial charge in [0.25, 0.3) is 5.91 Å². The van der Waals surface area contributed by atoms with E-state index >= 15 is 0 Å². The molecule has 4 rings (SSSR count). The molecule has 1 amide bonds. The first-order chi connectivity index (χ1) is 14.5. The molecular formula is C21H21N5O2S2.